The highest BCUT2D eigenvalue weighted by atomic mass is 19.1. The minimum absolute atomic E-state index is 0.139. The number of fused-ring (bicyclic) bond motifs is 3. The molecule has 1 aliphatic carbocycles. The van der Waals surface area contributed by atoms with Gasteiger partial charge in [0, 0.05) is 11.1 Å². The SMILES string of the molecule is CC(C)(O)C1CCc2c([nH]c3c(C(N)=O)cc(F)cc23)C1. The molecule has 1 aliphatic rings. The molecule has 1 aromatic carbocycles. The molecule has 1 aromatic heterocycles. The van der Waals surface area contributed by atoms with Crippen LogP contribution in [0.5, 0.6) is 0 Å². The first-order chi connectivity index (χ1) is 9.77. The molecular formula is C16H19FN2O2. The number of hydrogen-bond donors (Lipinski definition) is 3. The summed E-state index contributed by atoms with van der Waals surface area (Å²) in [5.41, 5.74) is 7.37. The van der Waals surface area contributed by atoms with E-state index in [1.54, 1.807) is 13.8 Å². The average molecular weight is 290 g/mol. The lowest BCUT2D eigenvalue weighted by Crippen LogP contribution is -2.34. The van der Waals surface area contributed by atoms with E-state index in [-0.39, 0.29) is 11.5 Å². The van der Waals surface area contributed by atoms with Crippen LogP contribution in [0.4, 0.5) is 4.39 Å². The Morgan fingerprint density at radius 1 is 1.48 bits per heavy atom. The smallest absolute Gasteiger partial charge is 0.250 e. The van der Waals surface area contributed by atoms with Crippen LogP contribution in [-0.4, -0.2) is 21.6 Å². The van der Waals surface area contributed by atoms with E-state index in [1.165, 1.54) is 12.1 Å². The van der Waals surface area contributed by atoms with Gasteiger partial charge in [-0.3, -0.25) is 4.79 Å². The van der Waals surface area contributed by atoms with Crippen molar-refractivity contribution in [2.75, 3.05) is 0 Å². The van der Waals surface area contributed by atoms with Crippen LogP contribution in [0.3, 0.4) is 0 Å². The normalized spacial score (nSPS) is 18.8. The Hall–Kier alpha value is -1.88. The molecule has 0 aliphatic heterocycles. The number of nitrogens with two attached hydrogens (primary N) is 1. The van der Waals surface area contributed by atoms with E-state index >= 15 is 0 Å². The first kappa shape index (κ1) is 14.1. The number of carbonyl (C=O) groups is 1. The van der Waals surface area contributed by atoms with Crippen LogP contribution in [0.25, 0.3) is 10.9 Å². The molecule has 0 spiro atoms. The third-order valence-corrected chi connectivity index (χ3v) is 4.53. The fraction of sp³-hybridized carbons (Fsp3) is 0.438. The van der Waals surface area contributed by atoms with Gasteiger partial charge in [-0.1, -0.05) is 0 Å². The van der Waals surface area contributed by atoms with E-state index in [2.05, 4.69) is 4.98 Å². The van der Waals surface area contributed by atoms with Crippen molar-refractivity contribution in [1.82, 2.24) is 4.98 Å². The summed E-state index contributed by atoms with van der Waals surface area (Å²) in [4.78, 5) is 14.7. The van der Waals surface area contributed by atoms with Gasteiger partial charge in [0.2, 0.25) is 0 Å². The lowest BCUT2D eigenvalue weighted by molar-refractivity contribution is 0.0107. The first-order valence-corrected chi connectivity index (χ1v) is 7.12. The van der Waals surface area contributed by atoms with Crippen LogP contribution < -0.4 is 5.73 Å². The number of amides is 1. The van der Waals surface area contributed by atoms with Gasteiger partial charge in [0.05, 0.1) is 16.7 Å². The summed E-state index contributed by atoms with van der Waals surface area (Å²) in [6, 6.07) is 2.61. The minimum Gasteiger partial charge on any atom is -0.390 e. The maximum Gasteiger partial charge on any atom is 0.250 e. The number of H-pyrrole nitrogens is 1. The molecule has 4 N–H and O–H groups in total. The van der Waals surface area contributed by atoms with Crippen LogP contribution in [-0.2, 0) is 12.8 Å². The van der Waals surface area contributed by atoms with Gasteiger partial charge in [-0.05, 0) is 56.7 Å². The number of primary amides is 1. The molecule has 1 atom stereocenters. The van der Waals surface area contributed by atoms with E-state index in [0.29, 0.717) is 11.9 Å². The van der Waals surface area contributed by atoms with Crippen LogP contribution in [0.15, 0.2) is 12.1 Å². The number of hydrogen-bond acceptors (Lipinski definition) is 2. The molecule has 0 fully saturated rings. The molecule has 112 valence electrons. The highest BCUT2D eigenvalue weighted by Crippen LogP contribution is 2.37. The minimum atomic E-state index is -0.757. The molecule has 2 aromatic rings. The zero-order valence-electron chi connectivity index (χ0n) is 12.2. The number of carbonyl (C=O) groups excluding carboxylic acids is 1. The number of benzene rings is 1. The highest BCUT2D eigenvalue weighted by molar-refractivity contribution is 6.06. The number of aryl methyl sites for hydroxylation is 1. The quantitative estimate of drug-likeness (QED) is 0.793. The number of aromatic amines is 1. The number of halogens is 1. The lowest BCUT2D eigenvalue weighted by atomic mass is 9.78. The van der Waals surface area contributed by atoms with Crippen LogP contribution in [0.2, 0.25) is 0 Å². The Morgan fingerprint density at radius 2 is 2.19 bits per heavy atom. The Labute approximate surface area is 122 Å². The largest absolute Gasteiger partial charge is 0.390 e. The lowest BCUT2D eigenvalue weighted by Gasteiger charge is -2.32. The van der Waals surface area contributed by atoms with Gasteiger partial charge >= 0.3 is 0 Å². The third kappa shape index (κ3) is 2.31. The van der Waals surface area contributed by atoms with Crippen molar-refractivity contribution in [2.24, 2.45) is 11.7 Å². The van der Waals surface area contributed by atoms with Crippen LogP contribution >= 0.6 is 0 Å². The second-order valence-corrected chi connectivity index (χ2v) is 6.42. The van der Waals surface area contributed by atoms with E-state index in [0.717, 1.165) is 29.5 Å². The summed E-state index contributed by atoms with van der Waals surface area (Å²) < 4.78 is 13.7. The van der Waals surface area contributed by atoms with E-state index < -0.39 is 17.3 Å². The molecular weight excluding hydrogens is 271 g/mol. The standard InChI is InChI=1S/C16H19FN2O2/c1-16(2,21)8-3-4-10-11-6-9(17)7-12(15(18)20)14(11)19-13(10)5-8/h6-8,19,21H,3-5H2,1-2H3,(H2,18,20). The summed E-state index contributed by atoms with van der Waals surface area (Å²) >= 11 is 0. The molecule has 0 radical (unpaired) electrons. The molecule has 0 saturated heterocycles. The predicted octanol–water partition coefficient (Wildman–Crippen LogP) is 2.28. The average Bonchev–Trinajstić information content (AvgIpc) is 2.74. The van der Waals surface area contributed by atoms with Crippen molar-refractivity contribution in [3.8, 4) is 0 Å². The highest BCUT2D eigenvalue weighted by Gasteiger charge is 2.32. The topological polar surface area (TPSA) is 79.1 Å². The van der Waals surface area contributed by atoms with Crippen molar-refractivity contribution in [3.63, 3.8) is 0 Å². The second-order valence-electron chi connectivity index (χ2n) is 6.42. The van der Waals surface area contributed by atoms with Gasteiger partial charge in [0.1, 0.15) is 5.82 Å². The number of aliphatic hydroxyl groups is 1. The van der Waals surface area contributed by atoms with Crippen LogP contribution in [0, 0.1) is 11.7 Å². The third-order valence-electron chi connectivity index (χ3n) is 4.53. The summed E-state index contributed by atoms with van der Waals surface area (Å²) in [6.07, 6.45) is 2.28. The number of rotatable bonds is 2. The maximum absolute atomic E-state index is 13.7. The number of aromatic nitrogens is 1. The molecule has 0 bridgehead atoms. The Bertz CT molecular complexity index is 728. The van der Waals surface area contributed by atoms with Gasteiger partial charge in [0.25, 0.3) is 5.91 Å². The van der Waals surface area contributed by atoms with Crippen molar-refractivity contribution in [3.05, 3.63) is 34.8 Å². The van der Waals surface area contributed by atoms with Crippen LogP contribution in [0.1, 0.15) is 41.9 Å². The first-order valence-electron chi connectivity index (χ1n) is 7.12. The van der Waals surface area contributed by atoms with E-state index in [9.17, 15) is 14.3 Å². The van der Waals surface area contributed by atoms with Crippen molar-refractivity contribution >= 4 is 16.8 Å². The van der Waals surface area contributed by atoms with E-state index in [4.69, 9.17) is 5.73 Å². The zero-order chi connectivity index (χ0) is 15.4. The Kier molecular flexibility index (Phi) is 3.06. The second kappa shape index (κ2) is 4.56. The Morgan fingerprint density at radius 3 is 2.81 bits per heavy atom. The van der Waals surface area contributed by atoms with Gasteiger partial charge in [-0.15, -0.1) is 0 Å². The molecule has 1 amide bonds. The molecule has 5 heteroatoms. The predicted molar refractivity (Wildman–Crippen MR) is 78.6 cm³/mol. The molecule has 21 heavy (non-hydrogen) atoms. The molecule has 4 nitrogen and oxygen atoms in total. The van der Waals surface area contributed by atoms with Gasteiger partial charge in [-0.2, -0.15) is 0 Å². The molecule has 3 rings (SSSR count). The molecule has 1 unspecified atom stereocenters. The van der Waals surface area contributed by atoms with Crippen molar-refractivity contribution in [2.45, 2.75) is 38.7 Å². The fourth-order valence-corrected chi connectivity index (χ4v) is 3.29. The van der Waals surface area contributed by atoms with E-state index in [1.807, 2.05) is 0 Å². The fourth-order valence-electron chi connectivity index (χ4n) is 3.29. The van der Waals surface area contributed by atoms with Crippen molar-refractivity contribution in [1.29, 1.82) is 0 Å². The molecule has 0 saturated carbocycles. The van der Waals surface area contributed by atoms with Gasteiger partial charge in [-0.25, -0.2) is 4.39 Å². The Balaban J connectivity index is 2.15. The van der Waals surface area contributed by atoms with Gasteiger partial charge < -0.3 is 15.8 Å². The maximum atomic E-state index is 13.7. The van der Waals surface area contributed by atoms with Gasteiger partial charge in [0.15, 0.2) is 0 Å². The summed E-state index contributed by atoms with van der Waals surface area (Å²) in [7, 11) is 0. The summed E-state index contributed by atoms with van der Waals surface area (Å²) in [5, 5.41) is 10.9. The summed E-state index contributed by atoms with van der Waals surface area (Å²) in [5.74, 6) is -0.959. The summed E-state index contributed by atoms with van der Waals surface area (Å²) in [6.45, 7) is 3.61. The van der Waals surface area contributed by atoms with Crippen molar-refractivity contribution < 1.29 is 14.3 Å². The number of nitrogens with one attached hydrogen (secondary N) is 1. The monoisotopic (exact) mass is 290 g/mol. The zero-order valence-corrected chi connectivity index (χ0v) is 12.2. The molecule has 1 heterocycles.